The van der Waals surface area contributed by atoms with E-state index in [0.717, 1.165) is 0 Å². The molecule has 0 heterocycles. The Hall–Kier alpha value is -1.75. The van der Waals surface area contributed by atoms with Gasteiger partial charge in [0.2, 0.25) is 0 Å². The maximum atomic E-state index is 11.3. The van der Waals surface area contributed by atoms with E-state index in [-0.39, 0.29) is 6.61 Å². The Labute approximate surface area is 101 Å². The molecule has 0 unspecified atom stereocenters. The lowest BCUT2D eigenvalue weighted by molar-refractivity contribution is -0.146. The fourth-order valence-electron chi connectivity index (χ4n) is 1.13. The third-order valence-electron chi connectivity index (χ3n) is 2.07. The highest BCUT2D eigenvalue weighted by Gasteiger charge is 2.05. The number of carbonyl (C=O) groups is 1. The summed E-state index contributed by atoms with van der Waals surface area (Å²) in [7, 11) is 3.82. The Morgan fingerprint density at radius 1 is 1.35 bits per heavy atom. The molecule has 0 saturated heterocycles. The standard InChI is InChI=1S/C12H18N2O3/c1-14(2)7-8-16-12(15)9-17-11-6-4-3-5-10(11)13/h3-6H,7-9,13H2,1-2H3. The summed E-state index contributed by atoms with van der Waals surface area (Å²) in [6.45, 7) is 0.931. The van der Waals surface area contributed by atoms with Gasteiger partial charge in [0, 0.05) is 6.54 Å². The third-order valence-corrected chi connectivity index (χ3v) is 2.07. The van der Waals surface area contributed by atoms with Crippen LogP contribution < -0.4 is 10.5 Å². The van der Waals surface area contributed by atoms with E-state index >= 15 is 0 Å². The van der Waals surface area contributed by atoms with Crippen LogP contribution in [0.5, 0.6) is 5.75 Å². The van der Waals surface area contributed by atoms with Crippen LogP contribution in [-0.4, -0.2) is 44.7 Å². The smallest absolute Gasteiger partial charge is 0.344 e. The molecule has 0 aliphatic heterocycles. The van der Waals surface area contributed by atoms with Crippen LogP contribution in [0.2, 0.25) is 0 Å². The second-order valence-corrected chi connectivity index (χ2v) is 3.85. The summed E-state index contributed by atoms with van der Waals surface area (Å²) in [5, 5.41) is 0. The van der Waals surface area contributed by atoms with Crippen molar-refractivity contribution in [1.29, 1.82) is 0 Å². The number of hydrogen-bond donors (Lipinski definition) is 1. The zero-order valence-corrected chi connectivity index (χ0v) is 10.2. The monoisotopic (exact) mass is 238 g/mol. The number of nitrogens with zero attached hydrogens (tertiary/aromatic N) is 1. The highest BCUT2D eigenvalue weighted by molar-refractivity contribution is 5.71. The number of nitrogens with two attached hydrogens (primary N) is 1. The fraction of sp³-hybridized carbons (Fsp3) is 0.417. The van der Waals surface area contributed by atoms with E-state index < -0.39 is 5.97 Å². The maximum Gasteiger partial charge on any atom is 0.344 e. The molecule has 17 heavy (non-hydrogen) atoms. The van der Waals surface area contributed by atoms with E-state index in [1.165, 1.54) is 0 Å². The number of hydrogen-bond acceptors (Lipinski definition) is 5. The van der Waals surface area contributed by atoms with Crippen LogP contribution in [0.1, 0.15) is 0 Å². The molecular weight excluding hydrogens is 220 g/mol. The summed E-state index contributed by atoms with van der Waals surface area (Å²) in [5.41, 5.74) is 6.17. The summed E-state index contributed by atoms with van der Waals surface area (Å²) in [6.07, 6.45) is 0. The van der Waals surface area contributed by atoms with Gasteiger partial charge < -0.3 is 20.1 Å². The van der Waals surface area contributed by atoms with Gasteiger partial charge in [-0.3, -0.25) is 0 Å². The lowest BCUT2D eigenvalue weighted by atomic mass is 10.3. The van der Waals surface area contributed by atoms with Gasteiger partial charge in [-0.1, -0.05) is 12.1 Å². The van der Waals surface area contributed by atoms with E-state index in [2.05, 4.69) is 0 Å². The van der Waals surface area contributed by atoms with Crippen molar-refractivity contribution in [3.05, 3.63) is 24.3 Å². The first-order chi connectivity index (χ1) is 8.09. The van der Waals surface area contributed by atoms with Gasteiger partial charge in [-0.05, 0) is 26.2 Å². The quantitative estimate of drug-likeness (QED) is 0.585. The van der Waals surface area contributed by atoms with Crippen molar-refractivity contribution < 1.29 is 14.3 Å². The molecule has 94 valence electrons. The average molecular weight is 238 g/mol. The molecule has 0 atom stereocenters. The number of esters is 1. The molecule has 1 aromatic rings. The van der Waals surface area contributed by atoms with Crippen molar-refractivity contribution in [2.45, 2.75) is 0 Å². The Balaban J connectivity index is 2.26. The Bertz CT molecular complexity index is 367. The van der Waals surface area contributed by atoms with E-state index in [4.69, 9.17) is 15.2 Å². The highest BCUT2D eigenvalue weighted by Crippen LogP contribution is 2.19. The van der Waals surface area contributed by atoms with Crippen LogP contribution in [0.4, 0.5) is 5.69 Å². The number of para-hydroxylation sites is 2. The van der Waals surface area contributed by atoms with Crippen molar-refractivity contribution in [2.75, 3.05) is 39.6 Å². The lowest BCUT2D eigenvalue weighted by Gasteiger charge is -2.11. The molecular formula is C12H18N2O3. The number of rotatable bonds is 6. The zero-order chi connectivity index (χ0) is 12.7. The molecule has 0 aliphatic carbocycles. The topological polar surface area (TPSA) is 64.8 Å². The Morgan fingerprint density at radius 3 is 2.71 bits per heavy atom. The number of carbonyl (C=O) groups excluding carboxylic acids is 1. The highest BCUT2D eigenvalue weighted by atomic mass is 16.6. The number of nitrogen functional groups attached to an aromatic ring is 1. The van der Waals surface area contributed by atoms with Gasteiger partial charge in [-0.15, -0.1) is 0 Å². The predicted molar refractivity (Wildman–Crippen MR) is 65.9 cm³/mol. The molecule has 1 aromatic carbocycles. The molecule has 0 fully saturated rings. The summed E-state index contributed by atoms with van der Waals surface area (Å²) in [4.78, 5) is 13.2. The minimum Gasteiger partial charge on any atom is -0.480 e. The van der Waals surface area contributed by atoms with Crippen molar-refractivity contribution in [2.24, 2.45) is 0 Å². The van der Waals surface area contributed by atoms with Gasteiger partial charge in [0.15, 0.2) is 6.61 Å². The summed E-state index contributed by atoms with van der Waals surface area (Å²) in [6, 6.07) is 7.02. The van der Waals surface area contributed by atoms with Gasteiger partial charge in [0.1, 0.15) is 12.4 Å². The van der Waals surface area contributed by atoms with Crippen molar-refractivity contribution in [3.63, 3.8) is 0 Å². The average Bonchev–Trinajstić information content (AvgIpc) is 2.27. The molecule has 0 spiro atoms. The Kier molecular flexibility index (Phi) is 5.29. The summed E-state index contributed by atoms with van der Waals surface area (Å²) < 4.78 is 10.2. The molecule has 5 heteroatoms. The predicted octanol–water partition coefficient (Wildman–Crippen LogP) is 0.752. The van der Waals surface area contributed by atoms with Gasteiger partial charge in [-0.25, -0.2) is 4.79 Å². The molecule has 0 bridgehead atoms. The molecule has 1 rings (SSSR count). The molecule has 0 aliphatic rings. The first kappa shape index (κ1) is 13.3. The van der Waals surface area contributed by atoms with Gasteiger partial charge in [0.05, 0.1) is 5.69 Å². The van der Waals surface area contributed by atoms with Crippen molar-refractivity contribution in [1.82, 2.24) is 4.90 Å². The second kappa shape index (κ2) is 6.75. The number of likely N-dealkylation sites (N-methyl/N-ethyl adjacent to an activating group) is 1. The first-order valence-electron chi connectivity index (χ1n) is 5.37. The van der Waals surface area contributed by atoms with Crippen LogP contribution in [-0.2, 0) is 9.53 Å². The van der Waals surface area contributed by atoms with Crippen LogP contribution in [0.3, 0.4) is 0 Å². The summed E-state index contributed by atoms with van der Waals surface area (Å²) in [5.74, 6) is 0.104. The van der Waals surface area contributed by atoms with Crippen LogP contribution in [0.15, 0.2) is 24.3 Å². The van der Waals surface area contributed by atoms with Gasteiger partial charge in [-0.2, -0.15) is 0 Å². The molecule has 5 nitrogen and oxygen atoms in total. The number of benzene rings is 1. The number of anilines is 1. The van der Waals surface area contributed by atoms with Crippen LogP contribution in [0.25, 0.3) is 0 Å². The molecule has 0 radical (unpaired) electrons. The molecule has 0 aromatic heterocycles. The molecule has 0 amide bonds. The molecule has 0 saturated carbocycles. The second-order valence-electron chi connectivity index (χ2n) is 3.85. The lowest BCUT2D eigenvalue weighted by Crippen LogP contribution is -2.22. The van der Waals surface area contributed by atoms with E-state index in [0.29, 0.717) is 24.6 Å². The van der Waals surface area contributed by atoms with Crippen LogP contribution in [0, 0.1) is 0 Å². The maximum absolute atomic E-state index is 11.3. The normalized spacial score (nSPS) is 10.3. The Morgan fingerprint density at radius 2 is 2.06 bits per heavy atom. The van der Waals surface area contributed by atoms with Crippen LogP contribution >= 0.6 is 0 Å². The van der Waals surface area contributed by atoms with E-state index in [1.807, 2.05) is 19.0 Å². The minimum absolute atomic E-state index is 0.123. The minimum atomic E-state index is -0.393. The van der Waals surface area contributed by atoms with Gasteiger partial charge >= 0.3 is 5.97 Å². The third kappa shape index (κ3) is 5.21. The van der Waals surface area contributed by atoms with Crippen molar-refractivity contribution >= 4 is 11.7 Å². The van der Waals surface area contributed by atoms with E-state index in [9.17, 15) is 4.79 Å². The van der Waals surface area contributed by atoms with E-state index in [1.54, 1.807) is 24.3 Å². The number of ether oxygens (including phenoxy) is 2. The molecule has 2 N–H and O–H groups in total. The zero-order valence-electron chi connectivity index (χ0n) is 10.2. The largest absolute Gasteiger partial charge is 0.480 e. The summed E-state index contributed by atoms with van der Waals surface area (Å²) >= 11 is 0. The first-order valence-corrected chi connectivity index (χ1v) is 5.37. The fourth-order valence-corrected chi connectivity index (χ4v) is 1.13. The van der Waals surface area contributed by atoms with Gasteiger partial charge in [0.25, 0.3) is 0 Å². The van der Waals surface area contributed by atoms with Crippen molar-refractivity contribution in [3.8, 4) is 5.75 Å². The SMILES string of the molecule is CN(C)CCOC(=O)COc1ccccc1N.